The van der Waals surface area contributed by atoms with Gasteiger partial charge in [0, 0.05) is 16.0 Å². The van der Waals surface area contributed by atoms with E-state index in [2.05, 4.69) is 4.98 Å². The van der Waals surface area contributed by atoms with Crippen molar-refractivity contribution in [2.75, 3.05) is 0 Å². The van der Waals surface area contributed by atoms with E-state index in [-0.39, 0.29) is 0 Å². The van der Waals surface area contributed by atoms with Crippen LogP contribution in [0.5, 0.6) is 0 Å². The van der Waals surface area contributed by atoms with Crippen LogP contribution in [-0.2, 0) is 6.18 Å². The van der Waals surface area contributed by atoms with E-state index in [9.17, 15) is 13.2 Å². The van der Waals surface area contributed by atoms with Gasteiger partial charge in [-0.1, -0.05) is 23.7 Å². The SMILES string of the molecule is FC(F)(F)c1nc(-c2ccc(Cl)cc2)cs1. The summed E-state index contributed by atoms with van der Waals surface area (Å²) < 4.78 is 36.9. The first kappa shape index (κ1) is 11.4. The van der Waals surface area contributed by atoms with Crippen LogP contribution >= 0.6 is 22.9 Å². The third-order valence-corrected chi connectivity index (χ3v) is 3.03. The zero-order valence-corrected chi connectivity index (χ0v) is 9.33. The summed E-state index contributed by atoms with van der Waals surface area (Å²) in [5.41, 5.74) is 0.935. The predicted octanol–water partition coefficient (Wildman–Crippen LogP) is 4.48. The van der Waals surface area contributed by atoms with Crippen LogP contribution in [0.2, 0.25) is 5.02 Å². The molecule has 0 bridgehead atoms. The third-order valence-electron chi connectivity index (χ3n) is 1.89. The molecule has 0 aliphatic carbocycles. The molecule has 1 aromatic heterocycles. The number of thiazole rings is 1. The molecular weight excluding hydrogens is 259 g/mol. The Hall–Kier alpha value is -1.07. The van der Waals surface area contributed by atoms with Crippen molar-refractivity contribution in [2.45, 2.75) is 6.18 Å². The van der Waals surface area contributed by atoms with Gasteiger partial charge in [-0.3, -0.25) is 0 Å². The van der Waals surface area contributed by atoms with E-state index in [4.69, 9.17) is 11.6 Å². The van der Waals surface area contributed by atoms with Crippen molar-refractivity contribution in [3.63, 3.8) is 0 Å². The predicted molar refractivity (Wildman–Crippen MR) is 57.6 cm³/mol. The Kier molecular flexibility index (Phi) is 2.90. The normalized spacial score (nSPS) is 11.8. The van der Waals surface area contributed by atoms with Gasteiger partial charge in [0.2, 0.25) is 0 Å². The second-order valence-corrected chi connectivity index (χ2v) is 4.34. The smallest absolute Gasteiger partial charge is 0.232 e. The van der Waals surface area contributed by atoms with E-state index >= 15 is 0 Å². The maximum atomic E-state index is 12.3. The molecule has 1 nitrogen and oxygen atoms in total. The molecule has 0 atom stereocenters. The number of rotatable bonds is 1. The fraction of sp³-hybridized carbons (Fsp3) is 0.100. The molecule has 0 unspecified atom stereocenters. The van der Waals surface area contributed by atoms with Crippen molar-refractivity contribution in [1.29, 1.82) is 0 Å². The zero-order valence-electron chi connectivity index (χ0n) is 7.75. The second kappa shape index (κ2) is 4.07. The maximum absolute atomic E-state index is 12.3. The lowest BCUT2D eigenvalue weighted by Gasteiger charge is -2.00. The minimum Gasteiger partial charge on any atom is -0.232 e. The largest absolute Gasteiger partial charge is 0.443 e. The topological polar surface area (TPSA) is 12.9 Å². The Bertz CT molecular complexity index is 490. The molecule has 0 aliphatic heterocycles. The number of alkyl halides is 3. The van der Waals surface area contributed by atoms with E-state index in [0.717, 1.165) is 0 Å². The van der Waals surface area contributed by atoms with Crippen LogP contribution in [0.25, 0.3) is 11.3 Å². The highest BCUT2D eigenvalue weighted by atomic mass is 35.5. The van der Waals surface area contributed by atoms with Crippen LogP contribution in [0.15, 0.2) is 29.6 Å². The molecule has 2 rings (SSSR count). The minimum atomic E-state index is -4.38. The number of aromatic nitrogens is 1. The highest BCUT2D eigenvalue weighted by Crippen LogP contribution is 2.34. The lowest BCUT2D eigenvalue weighted by molar-refractivity contribution is -0.137. The average molecular weight is 264 g/mol. The van der Waals surface area contributed by atoms with Crippen LogP contribution in [-0.4, -0.2) is 4.98 Å². The summed E-state index contributed by atoms with van der Waals surface area (Å²) in [5.74, 6) is 0. The molecule has 1 aromatic carbocycles. The summed E-state index contributed by atoms with van der Waals surface area (Å²) in [6.45, 7) is 0. The first-order chi connectivity index (χ1) is 7.47. The standard InChI is InChI=1S/C10H5ClF3NS/c11-7-3-1-6(2-4-7)8-5-16-9(15-8)10(12,13)14/h1-5H. The molecule has 6 heteroatoms. The number of hydrogen-bond acceptors (Lipinski definition) is 2. The molecule has 84 valence electrons. The molecule has 0 amide bonds. The van der Waals surface area contributed by atoms with E-state index in [1.807, 2.05) is 0 Å². The van der Waals surface area contributed by atoms with E-state index in [0.29, 0.717) is 27.6 Å². The number of nitrogens with zero attached hydrogens (tertiary/aromatic N) is 1. The van der Waals surface area contributed by atoms with Crippen LogP contribution in [0.3, 0.4) is 0 Å². The maximum Gasteiger partial charge on any atom is 0.443 e. The Balaban J connectivity index is 2.35. The van der Waals surface area contributed by atoms with E-state index < -0.39 is 11.2 Å². The van der Waals surface area contributed by atoms with Gasteiger partial charge in [0.1, 0.15) is 0 Å². The van der Waals surface area contributed by atoms with Crippen molar-refractivity contribution >= 4 is 22.9 Å². The van der Waals surface area contributed by atoms with Gasteiger partial charge >= 0.3 is 6.18 Å². The van der Waals surface area contributed by atoms with Gasteiger partial charge in [-0.05, 0) is 12.1 Å². The molecule has 0 N–H and O–H groups in total. The van der Waals surface area contributed by atoms with Gasteiger partial charge in [-0.15, -0.1) is 11.3 Å². The van der Waals surface area contributed by atoms with Crippen molar-refractivity contribution in [1.82, 2.24) is 4.98 Å². The highest BCUT2D eigenvalue weighted by Gasteiger charge is 2.34. The van der Waals surface area contributed by atoms with Crippen molar-refractivity contribution in [3.05, 3.63) is 39.7 Å². The quantitative estimate of drug-likeness (QED) is 0.739. The van der Waals surface area contributed by atoms with Crippen molar-refractivity contribution < 1.29 is 13.2 Å². The minimum absolute atomic E-state index is 0.314. The molecule has 0 radical (unpaired) electrons. The summed E-state index contributed by atoms with van der Waals surface area (Å²) in [5, 5.41) is 1.08. The number of halogens is 4. The summed E-state index contributed by atoms with van der Waals surface area (Å²) in [6.07, 6.45) is -4.38. The number of hydrogen-bond donors (Lipinski definition) is 0. The Morgan fingerprint density at radius 1 is 1.12 bits per heavy atom. The van der Waals surface area contributed by atoms with Crippen LogP contribution < -0.4 is 0 Å². The lowest BCUT2D eigenvalue weighted by atomic mass is 10.2. The monoisotopic (exact) mass is 263 g/mol. The Morgan fingerprint density at radius 3 is 2.25 bits per heavy atom. The molecule has 0 aliphatic rings. The lowest BCUT2D eigenvalue weighted by Crippen LogP contribution is -2.03. The van der Waals surface area contributed by atoms with Crippen LogP contribution in [0.1, 0.15) is 5.01 Å². The molecular formula is C10H5ClF3NS. The molecule has 2 aromatic rings. The molecule has 1 heterocycles. The zero-order chi connectivity index (χ0) is 11.8. The van der Waals surface area contributed by atoms with Gasteiger partial charge in [0.05, 0.1) is 5.69 Å². The molecule has 16 heavy (non-hydrogen) atoms. The van der Waals surface area contributed by atoms with E-state index in [1.54, 1.807) is 24.3 Å². The second-order valence-electron chi connectivity index (χ2n) is 3.04. The summed E-state index contributed by atoms with van der Waals surface area (Å²) in [6, 6.07) is 6.50. The highest BCUT2D eigenvalue weighted by molar-refractivity contribution is 7.10. The summed E-state index contributed by atoms with van der Waals surface area (Å²) >= 11 is 6.27. The first-order valence-electron chi connectivity index (χ1n) is 4.25. The van der Waals surface area contributed by atoms with Crippen LogP contribution in [0, 0.1) is 0 Å². The van der Waals surface area contributed by atoms with Gasteiger partial charge < -0.3 is 0 Å². The fourth-order valence-electron chi connectivity index (χ4n) is 1.16. The van der Waals surface area contributed by atoms with Gasteiger partial charge in [-0.25, -0.2) is 4.98 Å². The molecule has 0 spiro atoms. The van der Waals surface area contributed by atoms with Crippen molar-refractivity contribution in [2.24, 2.45) is 0 Å². The third kappa shape index (κ3) is 2.36. The van der Waals surface area contributed by atoms with Gasteiger partial charge in [-0.2, -0.15) is 13.2 Å². The van der Waals surface area contributed by atoms with Crippen molar-refractivity contribution in [3.8, 4) is 11.3 Å². The fourth-order valence-corrected chi connectivity index (χ4v) is 1.98. The van der Waals surface area contributed by atoms with Crippen LogP contribution in [0.4, 0.5) is 13.2 Å². The number of benzene rings is 1. The van der Waals surface area contributed by atoms with Gasteiger partial charge in [0.25, 0.3) is 0 Å². The summed E-state index contributed by atoms with van der Waals surface area (Å²) in [7, 11) is 0. The molecule has 0 saturated heterocycles. The average Bonchev–Trinajstić information content (AvgIpc) is 2.67. The Morgan fingerprint density at radius 2 is 1.75 bits per heavy atom. The Labute approximate surface area is 98.5 Å². The first-order valence-corrected chi connectivity index (χ1v) is 5.51. The van der Waals surface area contributed by atoms with E-state index in [1.165, 1.54) is 5.38 Å². The van der Waals surface area contributed by atoms with Gasteiger partial charge in [0.15, 0.2) is 5.01 Å². The summed E-state index contributed by atoms with van der Waals surface area (Å²) in [4.78, 5) is 3.53. The molecule has 0 fully saturated rings. The molecule has 0 saturated carbocycles.